The molecule has 1 aromatic carbocycles. The van der Waals surface area contributed by atoms with Crippen LogP contribution in [-0.2, 0) is 0 Å². The first kappa shape index (κ1) is 12.7. The molecule has 0 heterocycles. The van der Waals surface area contributed by atoms with E-state index in [4.69, 9.17) is 25.8 Å². The van der Waals surface area contributed by atoms with Gasteiger partial charge in [-0.1, -0.05) is 12.6 Å². The second-order valence-corrected chi connectivity index (χ2v) is 3.43. The van der Waals surface area contributed by atoms with Gasteiger partial charge in [-0.3, -0.25) is 0 Å². The SMILES string of the molecule is C=C(CCl)COc1c(OC)cccc1OC. The monoisotopic (exact) mass is 242 g/mol. The van der Waals surface area contributed by atoms with Crippen molar-refractivity contribution in [3.63, 3.8) is 0 Å². The molecule has 0 saturated heterocycles. The Bertz CT molecular complexity index is 341. The predicted octanol–water partition coefficient (Wildman–Crippen LogP) is 2.88. The molecule has 0 aliphatic carbocycles. The third kappa shape index (κ3) is 3.07. The lowest BCUT2D eigenvalue weighted by atomic mass is 10.3. The lowest BCUT2D eigenvalue weighted by molar-refractivity contribution is 0.296. The van der Waals surface area contributed by atoms with Crippen LogP contribution in [0.25, 0.3) is 0 Å². The molecule has 0 bridgehead atoms. The number of hydrogen-bond donors (Lipinski definition) is 0. The van der Waals surface area contributed by atoms with Crippen LogP contribution in [0.5, 0.6) is 17.2 Å². The van der Waals surface area contributed by atoms with Crippen LogP contribution in [-0.4, -0.2) is 26.7 Å². The van der Waals surface area contributed by atoms with Gasteiger partial charge in [-0.15, -0.1) is 11.6 Å². The molecule has 0 saturated carbocycles. The van der Waals surface area contributed by atoms with Crippen LogP contribution in [0.3, 0.4) is 0 Å². The molecule has 0 N–H and O–H groups in total. The molecule has 16 heavy (non-hydrogen) atoms. The molecule has 0 fully saturated rings. The van der Waals surface area contributed by atoms with Crippen molar-refractivity contribution in [3.8, 4) is 17.2 Å². The molecule has 0 aromatic heterocycles. The predicted molar refractivity (Wildman–Crippen MR) is 64.9 cm³/mol. The van der Waals surface area contributed by atoms with E-state index in [0.29, 0.717) is 29.7 Å². The summed E-state index contributed by atoms with van der Waals surface area (Å²) in [5.74, 6) is 2.19. The minimum atomic E-state index is 0.347. The van der Waals surface area contributed by atoms with Gasteiger partial charge < -0.3 is 14.2 Å². The molecule has 0 unspecified atom stereocenters. The van der Waals surface area contributed by atoms with E-state index in [1.807, 2.05) is 6.07 Å². The van der Waals surface area contributed by atoms with Crippen molar-refractivity contribution in [2.45, 2.75) is 0 Å². The molecule has 0 spiro atoms. The number of hydrogen-bond acceptors (Lipinski definition) is 3. The first-order chi connectivity index (χ1) is 7.72. The number of halogens is 1. The fourth-order valence-electron chi connectivity index (χ4n) is 1.17. The molecular weight excluding hydrogens is 228 g/mol. The highest BCUT2D eigenvalue weighted by Crippen LogP contribution is 2.36. The molecule has 1 aromatic rings. The zero-order valence-electron chi connectivity index (χ0n) is 9.46. The molecule has 0 radical (unpaired) electrons. The van der Waals surface area contributed by atoms with Crippen molar-refractivity contribution >= 4 is 11.6 Å². The maximum atomic E-state index is 5.62. The van der Waals surface area contributed by atoms with Crippen molar-refractivity contribution in [3.05, 3.63) is 30.4 Å². The number of para-hydroxylation sites is 1. The number of benzene rings is 1. The van der Waals surface area contributed by atoms with Crippen LogP contribution in [0.1, 0.15) is 0 Å². The normalized spacial score (nSPS) is 9.69. The van der Waals surface area contributed by atoms with E-state index in [-0.39, 0.29) is 0 Å². The first-order valence-corrected chi connectivity index (χ1v) is 5.32. The lowest BCUT2D eigenvalue weighted by Crippen LogP contribution is -2.04. The summed E-state index contributed by atoms with van der Waals surface area (Å²) in [7, 11) is 3.16. The van der Waals surface area contributed by atoms with E-state index < -0.39 is 0 Å². The molecular formula is C12H15ClO3. The van der Waals surface area contributed by atoms with Crippen LogP contribution < -0.4 is 14.2 Å². The van der Waals surface area contributed by atoms with Crippen molar-refractivity contribution in [2.75, 3.05) is 26.7 Å². The van der Waals surface area contributed by atoms with Gasteiger partial charge >= 0.3 is 0 Å². The van der Waals surface area contributed by atoms with Crippen molar-refractivity contribution < 1.29 is 14.2 Å². The molecule has 88 valence electrons. The van der Waals surface area contributed by atoms with Gasteiger partial charge in [0.05, 0.1) is 14.2 Å². The molecule has 0 amide bonds. The van der Waals surface area contributed by atoms with Gasteiger partial charge in [0.25, 0.3) is 0 Å². The maximum Gasteiger partial charge on any atom is 0.203 e. The second-order valence-electron chi connectivity index (χ2n) is 3.16. The van der Waals surface area contributed by atoms with Crippen molar-refractivity contribution in [1.82, 2.24) is 0 Å². The Balaban J connectivity index is 2.86. The molecule has 0 atom stereocenters. The molecule has 3 nitrogen and oxygen atoms in total. The van der Waals surface area contributed by atoms with E-state index in [2.05, 4.69) is 6.58 Å². The number of methoxy groups -OCH3 is 2. The van der Waals surface area contributed by atoms with E-state index >= 15 is 0 Å². The Labute approximate surface area is 101 Å². The average Bonchev–Trinajstić information content (AvgIpc) is 2.35. The van der Waals surface area contributed by atoms with Gasteiger partial charge in [-0.2, -0.15) is 0 Å². The van der Waals surface area contributed by atoms with Crippen LogP contribution in [0.2, 0.25) is 0 Å². The van der Waals surface area contributed by atoms with E-state index in [0.717, 1.165) is 5.57 Å². The number of rotatable bonds is 6. The molecule has 0 aliphatic rings. The Hall–Kier alpha value is -1.35. The minimum Gasteiger partial charge on any atom is -0.493 e. The molecule has 1 rings (SSSR count). The Morgan fingerprint density at radius 1 is 1.25 bits per heavy atom. The summed E-state index contributed by atoms with van der Waals surface area (Å²) in [6.07, 6.45) is 0. The quantitative estimate of drug-likeness (QED) is 0.567. The lowest BCUT2D eigenvalue weighted by Gasteiger charge is -2.14. The second kappa shape index (κ2) is 6.28. The van der Waals surface area contributed by atoms with Crippen LogP contribution in [0.4, 0.5) is 0 Å². The maximum absolute atomic E-state index is 5.62. The van der Waals surface area contributed by atoms with Gasteiger partial charge in [0.1, 0.15) is 6.61 Å². The third-order valence-electron chi connectivity index (χ3n) is 1.99. The summed E-state index contributed by atoms with van der Waals surface area (Å²) in [4.78, 5) is 0. The van der Waals surface area contributed by atoms with Gasteiger partial charge in [-0.25, -0.2) is 0 Å². The minimum absolute atomic E-state index is 0.347. The van der Waals surface area contributed by atoms with E-state index in [1.54, 1.807) is 26.4 Å². The third-order valence-corrected chi connectivity index (χ3v) is 2.37. The molecule has 0 aliphatic heterocycles. The topological polar surface area (TPSA) is 27.7 Å². The smallest absolute Gasteiger partial charge is 0.203 e. The Kier molecular flexibility index (Phi) is 4.99. The standard InChI is InChI=1S/C12H15ClO3/c1-9(7-13)8-16-12-10(14-2)5-4-6-11(12)15-3/h4-6H,1,7-8H2,2-3H3. The number of ether oxygens (including phenoxy) is 3. The van der Waals surface area contributed by atoms with Crippen LogP contribution >= 0.6 is 11.6 Å². The summed E-state index contributed by atoms with van der Waals surface area (Å²) < 4.78 is 15.9. The highest BCUT2D eigenvalue weighted by atomic mass is 35.5. The van der Waals surface area contributed by atoms with Crippen LogP contribution in [0.15, 0.2) is 30.4 Å². The summed E-state index contributed by atoms with van der Waals surface area (Å²) >= 11 is 5.62. The highest BCUT2D eigenvalue weighted by molar-refractivity contribution is 6.19. The Morgan fingerprint density at radius 2 is 1.81 bits per heavy atom. The van der Waals surface area contributed by atoms with Crippen LogP contribution in [0, 0.1) is 0 Å². The zero-order chi connectivity index (χ0) is 12.0. The Morgan fingerprint density at radius 3 is 2.25 bits per heavy atom. The summed E-state index contributed by atoms with van der Waals surface area (Å²) in [5.41, 5.74) is 0.801. The van der Waals surface area contributed by atoms with E-state index in [9.17, 15) is 0 Å². The summed E-state index contributed by atoms with van der Waals surface area (Å²) in [5, 5.41) is 0. The number of alkyl halides is 1. The van der Waals surface area contributed by atoms with Gasteiger partial charge in [0, 0.05) is 5.88 Å². The van der Waals surface area contributed by atoms with Crippen molar-refractivity contribution in [1.29, 1.82) is 0 Å². The first-order valence-electron chi connectivity index (χ1n) is 4.79. The molecule has 4 heteroatoms. The summed E-state index contributed by atoms with van der Waals surface area (Å²) in [6.45, 7) is 4.11. The summed E-state index contributed by atoms with van der Waals surface area (Å²) in [6, 6.07) is 5.45. The zero-order valence-corrected chi connectivity index (χ0v) is 10.2. The fourth-order valence-corrected chi connectivity index (χ4v) is 1.25. The van der Waals surface area contributed by atoms with Gasteiger partial charge in [-0.05, 0) is 17.7 Å². The highest BCUT2D eigenvalue weighted by Gasteiger charge is 2.11. The largest absolute Gasteiger partial charge is 0.493 e. The van der Waals surface area contributed by atoms with Gasteiger partial charge in [0.15, 0.2) is 11.5 Å². The fraction of sp³-hybridized carbons (Fsp3) is 0.333. The van der Waals surface area contributed by atoms with E-state index in [1.165, 1.54) is 0 Å². The van der Waals surface area contributed by atoms with Gasteiger partial charge in [0.2, 0.25) is 5.75 Å². The average molecular weight is 243 g/mol. The van der Waals surface area contributed by atoms with Crippen molar-refractivity contribution in [2.24, 2.45) is 0 Å².